The van der Waals surface area contributed by atoms with E-state index in [0.29, 0.717) is 12.6 Å². The van der Waals surface area contributed by atoms with Crippen LogP contribution in [0.5, 0.6) is 5.75 Å². The third kappa shape index (κ3) is 5.68. The van der Waals surface area contributed by atoms with Crippen LogP contribution in [0.15, 0.2) is 24.3 Å². The summed E-state index contributed by atoms with van der Waals surface area (Å²) in [5, 5.41) is 3.27. The molecule has 0 spiro atoms. The summed E-state index contributed by atoms with van der Waals surface area (Å²) in [7, 11) is 3.61. The molecule has 2 rings (SSSR count). The SMILES string of the molecule is CNC1CCN(C(=O)C(C)OCc2cccc(OC)c2)CC1.Cl. The minimum absolute atomic E-state index is 0. The Morgan fingerprint density at radius 1 is 1.39 bits per heavy atom. The molecule has 0 radical (unpaired) electrons. The van der Waals surface area contributed by atoms with E-state index in [-0.39, 0.29) is 18.3 Å². The van der Waals surface area contributed by atoms with Gasteiger partial charge in [0, 0.05) is 19.1 Å². The van der Waals surface area contributed by atoms with Crippen molar-refractivity contribution in [2.45, 2.75) is 38.5 Å². The monoisotopic (exact) mass is 342 g/mol. The first-order valence-corrected chi connectivity index (χ1v) is 7.84. The quantitative estimate of drug-likeness (QED) is 0.861. The fourth-order valence-electron chi connectivity index (χ4n) is 2.70. The van der Waals surface area contributed by atoms with E-state index in [1.165, 1.54) is 0 Å². The molecule has 0 aromatic heterocycles. The Morgan fingerprint density at radius 2 is 2.09 bits per heavy atom. The molecule has 0 bridgehead atoms. The molecule has 130 valence electrons. The summed E-state index contributed by atoms with van der Waals surface area (Å²) < 4.78 is 10.9. The lowest BCUT2D eigenvalue weighted by Crippen LogP contribution is -2.47. The first-order valence-electron chi connectivity index (χ1n) is 7.84. The van der Waals surface area contributed by atoms with Crippen molar-refractivity contribution in [3.63, 3.8) is 0 Å². The number of nitrogens with one attached hydrogen (secondary N) is 1. The van der Waals surface area contributed by atoms with Gasteiger partial charge in [-0.2, -0.15) is 0 Å². The molecule has 0 aliphatic carbocycles. The van der Waals surface area contributed by atoms with Gasteiger partial charge in [-0.15, -0.1) is 12.4 Å². The standard InChI is InChI=1S/C17H26N2O3.ClH/c1-13(17(20)19-9-7-15(18-2)8-10-19)22-12-14-5-4-6-16(11-14)21-3;/h4-6,11,13,15,18H,7-10,12H2,1-3H3;1H. The van der Waals surface area contributed by atoms with Gasteiger partial charge in [-0.1, -0.05) is 12.1 Å². The first kappa shape index (κ1) is 19.7. The second kappa shape index (κ2) is 9.75. The Bertz CT molecular complexity index is 490. The van der Waals surface area contributed by atoms with Gasteiger partial charge >= 0.3 is 0 Å². The fourth-order valence-corrected chi connectivity index (χ4v) is 2.70. The summed E-state index contributed by atoms with van der Waals surface area (Å²) in [4.78, 5) is 14.3. The van der Waals surface area contributed by atoms with Gasteiger partial charge in [-0.25, -0.2) is 0 Å². The smallest absolute Gasteiger partial charge is 0.251 e. The number of methoxy groups -OCH3 is 1. The van der Waals surface area contributed by atoms with Crippen molar-refractivity contribution in [2.24, 2.45) is 0 Å². The van der Waals surface area contributed by atoms with Gasteiger partial charge in [0.25, 0.3) is 5.91 Å². The molecule has 23 heavy (non-hydrogen) atoms. The summed E-state index contributed by atoms with van der Waals surface area (Å²) >= 11 is 0. The van der Waals surface area contributed by atoms with E-state index < -0.39 is 6.10 Å². The van der Waals surface area contributed by atoms with Gasteiger partial charge in [0.1, 0.15) is 11.9 Å². The summed E-state index contributed by atoms with van der Waals surface area (Å²) in [6.45, 7) is 3.85. The summed E-state index contributed by atoms with van der Waals surface area (Å²) in [5.74, 6) is 0.881. The number of nitrogens with zero attached hydrogens (tertiary/aromatic N) is 1. The van der Waals surface area contributed by atoms with Crippen LogP contribution >= 0.6 is 12.4 Å². The molecule has 1 aliphatic heterocycles. The number of likely N-dealkylation sites (tertiary alicyclic amines) is 1. The average Bonchev–Trinajstić information content (AvgIpc) is 2.59. The maximum Gasteiger partial charge on any atom is 0.251 e. The third-order valence-corrected chi connectivity index (χ3v) is 4.20. The predicted octanol–water partition coefficient (Wildman–Crippen LogP) is 2.23. The average molecular weight is 343 g/mol. The van der Waals surface area contributed by atoms with E-state index in [4.69, 9.17) is 9.47 Å². The zero-order valence-electron chi connectivity index (χ0n) is 14.1. The Hall–Kier alpha value is -1.30. The Morgan fingerprint density at radius 3 is 2.70 bits per heavy atom. The van der Waals surface area contributed by atoms with Crippen molar-refractivity contribution in [3.05, 3.63) is 29.8 Å². The normalized spacial score (nSPS) is 16.6. The summed E-state index contributed by atoms with van der Waals surface area (Å²) in [6.07, 6.45) is 1.59. The highest BCUT2D eigenvalue weighted by atomic mass is 35.5. The minimum atomic E-state index is -0.419. The van der Waals surface area contributed by atoms with Gasteiger partial charge in [0.05, 0.1) is 13.7 Å². The van der Waals surface area contributed by atoms with E-state index in [2.05, 4.69) is 5.32 Å². The van der Waals surface area contributed by atoms with Crippen molar-refractivity contribution in [1.82, 2.24) is 10.2 Å². The van der Waals surface area contributed by atoms with E-state index in [1.807, 2.05) is 43.1 Å². The summed E-state index contributed by atoms with van der Waals surface area (Å²) in [6, 6.07) is 8.24. The van der Waals surface area contributed by atoms with Crippen LogP contribution in [0.3, 0.4) is 0 Å². The molecule has 1 aromatic carbocycles. The fraction of sp³-hybridized carbons (Fsp3) is 0.588. The largest absolute Gasteiger partial charge is 0.497 e. The maximum absolute atomic E-state index is 12.4. The number of hydrogen-bond donors (Lipinski definition) is 1. The number of benzene rings is 1. The molecule has 1 unspecified atom stereocenters. The van der Waals surface area contributed by atoms with E-state index in [9.17, 15) is 4.79 Å². The lowest BCUT2D eigenvalue weighted by molar-refractivity contribution is -0.144. The van der Waals surface area contributed by atoms with Crippen LogP contribution in [-0.2, 0) is 16.1 Å². The van der Waals surface area contributed by atoms with Crippen molar-refractivity contribution in [2.75, 3.05) is 27.2 Å². The number of halogens is 1. The van der Waals surface area contributed by atoms with Crippen LogP contribution in [0.25, 0.3) is 0 Å². The zero-order chi connectivity index (χ0) is 15.9. The molecule has 1 aromatic rings. The Labute approximate surface area is 144 Å². The lowest BCUT2D eigenvalue weighted by atomic mass is 10.0. The molecule has 1 fully saturated rings. The second-order valence-electron chi connectivity index (χ2n) is 5.69. The first-order chi connectivity index (χ1) is 10.6. The molecule has 1 amide bonds. The van der Waals surface area contributed by atoms with Crippen molar-refractivity contribution >= 4 is 18.3 Å². The number of amides is 1. The topological polar surface area (TPSA) is 50.8 Å². The van der Waals surface area contributed by atoms with Crippen molar-refractivity contribution in [1.29, 1.82) is 0 Å². The van der Waals surface area contributed by atoms with Gasteiger partial charge in [0.15, 0.2) is 0 Å². The molecule has 1 N–H and O–H groups in total. The maximum atomic E-state index is 12.4. The van der Waals surface area contributed by atoms with Crippen LogP contribution in [0.4, 0.5) is 0 Å². The van der Waals surface area contributed by atoms with Crippen molar-refractivity contribution < 1.29 is 14.3 Å². The molecule has 1 saturated heterocycles. The zero-order valence-corrected chi connectivity index (χ0v) is 14.9. The minimum Gasteiger partial charge on any atom is -0.497 e. The van der Waals surface area contributed by atoms with Gasteiger partial charge in [0.2, 0.25) is 0 Å². The molecular weight excluding hydrogens is 316 g/mol. The number of piperidine rings is 1. The van der Waals surface area contributed by atoms with Crippen LogP contribution in [0.1, 0.15) is 25.3 Å². The van der Waals surface area contributed by atoms with Gasteiger partial charge in [-0.05, 0) is 44.5 Å². The Kier molecular flexibility index (Phi) is 8.37. The highest BCUT2D eigenvalue weighted by Gasteiger charge is 2.25. The van der Waals surface area contributed by atoms with Crippen LogP contribution < -0.4 is 10.1 Å². The van der Waals surface area contributed by atoms with E-state index in [1.54, 1.807) is 7.11 Å². The number of carbonyl (C=O) groups is 1. The molecule has 5 nitrogen and oxygen atoms in total. The van der Waals surface area contributed by atoms with Crippen molar-refractivity contribution in [3.8, 4) is 5.75 Å². The highest BCUT2D eigenvalue weighted by Crippen LogP contribution is 2.15. The number of carbonyl (C=O) groups excluding carboxylic acids is 1. The summed E-state index contributed by atoms with van der Waals surface area (Å²) in [5.41, 5.74) is 1.01. The molecule has 0 saturated carbocycles. The van der Waals surface area contributed by atoms with Gasteiger partial charge < -0.3 is 19.7 Å². The van der Waals surface area contributed by atoms with E-state index in [0.717, 1.165) is 37.2 Å². The number of hydrogen-bond acceptors (Lipinski definition) is 4. The van der Waals surface area contributed by atoms with Crippen LogP contribution in [0.2, 0.25) is 0 Å². The Balaban J connectivity index is 0.00000264. The highest BCUT2D eigenvalue weighted by molar-refractivity contribution is 5.85. The predicted molar refractivity (Wildman–Crippen MR) is 93.2 cm³/mol. The molecular formula is C17H27ClN2O3. The number of rotatable bonds is 6. The molecule has 1 aliphatic rings. The molecule has 6 heteroatoms. The third-order valence-electron chi connectivity index (χ3n) is 4.20. The molecule has 1 atom stereocenters. The number of ether oxygens (including phenoxy) is 2. The van der Waals surface area contributed by atoms with Crippen LogP contribution in [-0.4, -0.2) is 50.2 Å². The van der Waals surface area contributed by atoms with Gasteiger partial charge in [-0.3, -0.25) is 4.79 Å². The molecule has 1 heterocycles. The van der Waals surface area contributed by atoms with E-state index >= 15 is 0 Å². The second-order valence-corrected chi connectivity index (χ2v) is 5.69. The van der Waals surface area contributed by atoms with Crippen LogP contribution in [0, 0.1) is 0 Å². The lowest BCUT2D eigenvalue weighted by Gasteiger charge is -2.33.